The summed E-state index contributed by atoms with van der Waals surface area (Å²) in [5, 5.41) is 0. The van der Waals surface area contributed by atoms with Gasteiger partial charge < -0.3 is 10.6 Å². The Bertz CT molecular complexity index is 480. The third-order valence-corrected chi connectivity index (χ3v) is 3.86. The molecule has 0 spiro atoms. The fourth-order valence-electron chi connectivity index (χ4n) is 2.73. The lowest BCUT2D eigenvalue weighted by Crippen LogP contribution is -2.23. The third-order valence-electron chi connectivity index (χ3n) is 3.86. The van der Waals surface area contributed by atoms with E-state index in [1.165, 1.54) is 6.07 Å². The molecule has 2 rings (SSSR count). The number of hydrogen-bond acceptors (Lipinski definition) is 2. The summed E-state index contributed by atoms with van der Waals surface area (Å²) in [5.74, 6) is 0. The third kappa shape index (κ3) is 3.26. The van der Waals surface area contributed by atoms with Crippen LogP contribution in [0, 0.1) is 5.41 Å². The van der Waals surface area contributed by atoms with Crippen molar-refractivity contribution in [3.63, 3.8) is 0 Å². The molecule has 0 unspecified atom stereocenters. The van der Waals surface area contributed by atoms with Gasteiger partial charge in [0.05, 0.1) is 5.56 Å². The summed E-state index contributed by atoms with van der Waals surface area (Å²) in [6, 6.07) is 4.62. The number of anilines is 1. The maximum atomic E-state index is 13.1. The quantitative estimate of drug-likeness (QED) is 0.922. The van der Waals surface area contributed by atoms with Gasteiger partial charge in [-0.3, -0.25) is 0 Å². The molecule has 0 bridgehead atoms. The molecule has 1 aliphatic rings. The molecule has 0 radical (unpaired) electrons. The molecule has 1 aromatic carbocycles. The predicted octanol–water partition coefficient (Wildman–Crippen LogP) is 3.44. The summed E-state index contributed by atoms with van der Waals surface area (Å²) >= 11 is 0. The molecule has 1 heterocycles. The summed E-state index contributed by atoms with van der Waals surface area (Å²) in [5.41, 5.74) is 5.94. The van der Waals surface area contributed by atoms with Crippen LogP contribution in [0.4, 0.5) is 18.9 Å². The van der Waals surface area contributed by atoms with Crippen LogP contribution < -0.4 is 10.6 Å². The monoisotopic (exact) mass is 286 g/mol. The Morgan fingerprint density at radius 3 is 2.50 bits per heavy atom. The van der Waals surface area contributed by atoms with Gasteiger partial charge in [0.25, 0.3) is 0 Å². The molecule has 1 aromatic rings. The standard InChI is InChI=1S/C15H21F3N2/c1-14(2)6-8-20(10-14)12-4-3-11(5-7-19)13(9-12)15(16,17)18/h3-4,9H,5-8,10,19H2,1-2H3. The highest BCUT2D eigenvalue weighted by atomic mass is 19.4. The van der Waals surface area contributed by atoms with Crippen LogP contribution in [0.25, 0.3) is 0 Å². The number of nitrogens with zero attached hydrogens (tertiary/aromatic N) is 1. The van der Waals surface area contributed by atoms with Crippen LogP contribution in [0.3, 0.4) is 0 Å². The first-order chi connectivity index (χ1) is 9.23. The molecule has 0 aromatic heterocycles. The minimum atomic E-state index is -4.32. The average molecular weight is 286 g/mol. The number of hydrogen-bond donors (Lipinski definition) is 1. The summed E-state index contributed by atoms with van der Waals surface area (Å²) in [6.07, 6.45) is -3.07. The molecule has 0 atom stereocenters. The first-order valence-electron chi connectivity index (χ1n) is 6.88. The van der Waals surface area contributed by atoms with Crippen LogP contribution in [0.1, 0.15) is 31.4 Å². The van der Waals surface area contributed by atoms with E-state index in [2.05, 4.69) is 13.8 Å². The van der Waals surface area contributed by atoms with Crippen LogP contribution in [-0.2, 0) is 12.6 Å². The molecule has 1 saturated heterocycles. The topological polar surface area (TPSA) is 29.3 Å². The van der Waals surface area contributed by atoms with Gasteiger partial charge >= 0.3 is 6.18 Å². The normalized spacial score (nSPS) is 18.6. The van der Waals surface area contributed by atoms with Gasteiger partial charge in [-0.25, -0.2) is 0 Å². The van der Waals surface area contributed by atoms with Crippen molar-refractivity contribution in [2.45, 2.75) is 32.9 Å². The maximum Gasteiger partial charge on any atom is 0.416 e. The van der Waals surface area contributed by atoms with Gasteiger partial charge in [-0.15, -0.1) is 0 Å². The highest BCUT2D eigenvalue weighted by Crippen LogP contribution is 2.37. The fourth-order valence-corrected chi connectivity index (χ4v) is 2.73. The van der Waals surface area contributed by atoms with E-state index in [1.807, 2.05) is 4.90 Å². The molecule has 2 N–H and O–H groups in total. The van der Waals surface area contributed by atoms with Crippen molar-refractivity contribution in [1.82, 2.24) is 0 Å². The second-order valence-electron chi connectivity index (χ2n) is 6.21. The first kappa shape index (κ1) is 15.2. The lowest BCUT2D eigenvalue weighted by molar-refractivity contribution is -0.138. The molecule has 0 aliphatic carbocycles. The summed E-state index contributed by atoms with van der Waals surface area (Å²) in [6.45, 7) is 6.10. The molecule has 5 heteroatoms. The van der Waals surface area contributed by atoms with Crippen molar-refractivity contribution in [2.24, 2.45) is 11.1 Å². The Labute approximate surface area is 117 Å². The van der Waals surface area contributed by atoms with Gasteiger partial charge in [-0.05, 0) is 42.5 Å². The van der Waals surface area contributed by atoms with Crippen LogP contribution in [-0.4, -0.2) is 19.6 Å². The van der Waals surface area contributed by atoms with Gasteiger partial charge in [0.2, 0.25) is 0 Å². The predicted molar refractivity (Wildman–Crippen MR) is 74.8 cm³/mol. The lowest BCUT2D eigenvalue weighted by Gasteiger charge is -2.23. The largest absolute Gasteiger partial charge is 0.416 e. The van der Waals surface area contributed by atoms with Crippen molar-refractivity contribution in [2.75, 3.05) is 24.5 Å². The Morgan fingerprint density at radius 1 is 1.30 bits per heavy atom. The maximum absolute atomic E-state index is 13.1. The van der Waals surface area contributed by atoms with E-state index >= 15 is 0 Å². The molecule has 1 fully saturated rings. The Kier molecular flexibility index (Phi) is 4.00. The summed E-state index contributed by atoms with van der Waals surface area (Å²) < 4.78 is 39.4. The average Bonchev–Trinajstić information content (AvgIpc) is 2.69. The molecule has 112 valence electrons. The second kappa shape index (κ2) is 5.28. The fraction of sp³-hybridized carbons (Fsp3) is 0.600. The van der Waals surface area contributed by atoms with Gasteiger partial charge in [0.15, 0.2) is 0 Å². The number of alkyl halides is 3. The van der Waals surface area contributed by atoms with Gasteiger partial charge in [-0.2, -0.15) is 13.2 Å². The van der Waals surface area contributed by atoms with Gasteiger partial charge in [0, 0.05) is 18.8 Å². The zero-order valence-corrected chi connectivity index (χ0v) is 11.9. The SMILES string of the molecule is CC1(C)CCN(c2ccc(CCN)c(C(F)(F)F)c2)C1. The summed E-state index contributed by atoms with van der Waals surface area (Å²) in [7, 11) is 0. The Morgan fingerprint density at radius 2 is 2.00 bits per heavy atom. The van der Waals surface area contributed by atoms with Crippen LogP contribution in [0.5, 0.6) is 0 Å². The number of nitrogens with two attached hydrogens (primary N) is 1. The molecule has 2 nitrogen and oxygen atoms in total. The van der Waals surface area contributed by atoms with E-state index in [0.29, 0.717) is 5.69 Å². The van der Waals surface area contributed by atoms with E-state index < -0.39 is 11.7 Å². The van der Waals surface area contributed by atoms with Crippen molar-refractivity contribution >= 4 is 5.69 Å². The van der Waals surface area contributed by atoms with Crippen molar-refractivity contribution in [3.8, 4) is 0 Å². The minimum absolute atomic E-state index is 0.161. The van der Waals surface area contributed by atoms with E-state index in [4.69, 9.17) is 5.73 Å². The lowest BCUT2D eigenvalue weighted by atomic mass is 9.93. The smallest absolute Gasteiger partial charge is 0.371 e. The van der Waals surface area contributed by atoms with E-state index in [9.17, 15) is 13.2 Å². The Hall–Kier alpha value is -1.23. The van der Waals surface area contributed by atoms with Crippen molar-refractivity contribution in [3.05, 3.63) is 29.3 Å². The Balaban J connectivity index is 2.33. The zero-order valence-electron chi connectivity index (χ0n) is 11.9. The molecule has 0 saturated carbocycles. The number of rotatable bonds is 3. The zero-order chi connectivity index (χ0) is 15.0. The van der Waals surface area contributed by atoms with E-state index in [0.717, 1.165) is 19.5 Å². The van der Waals surface area contributed by atoms with Gasteiger partial charge in [-0.1, -0.05) is 19.9 Å². The summed E-state index contributed by atoms with van der Waals surface area (Å²) in [4.78, 5) is 2.03. The molecule has 1 aliphatic heterocycles. The van der Waals surface area contributed by atoms with Crippen LogP contribution in [0.15, 0.2) is 18.2 Å². The highest BCUT2D eigenvalue weighted by Gasteiger charge is 2.35. The molecule has 20 heavy (non-hydrogen) atoms. The second-order valence-corrected chi connectivity index (χ2v) is 6.21. The van der Waals surface area contributed by atoms with Crippen molar-refractivity contribution in [1.29, 1.82) is 0 Å². The molecule has 0 amide bonds. The van der Waals surface area contributed by atoms with Crippen LogP contribution in [0.2, 0.25) is 0 Å². The number of benzene rings is 1. The molecular weight excluding hydrogens is 265 g/mol. The van der Waals surface area contributed by atoms with E-state index in [-0.39, 0.29) is 23.9 Å². The van der Waals surface area contributed by atoms with Crippen LogP contribution >= 0.6 is 0 Å². The van der Waals surface area contributed by atoms with E-state index in [1.54, 1.807) is 12.1 Å². The number of halogens is 3. The van der Waals surface area contributed by atoms with Crippen molar-refractivity contribution < 1.29 is 13.2 Å². The first-order valence-corrected chi connectivity index (χ1v) is 6.88. The van der Waals surface area contributed by atoms with Gasteiger partial charge in [0.1, 0.15) is 0 Å². The molecular formula is C15H21F3N2. The highest BCUT2D eigenvalue weighted by molar-refractivity contribution is 5.53. The minimum Gasteiger partial charge on any atom is -0.371 e.